The number of nitriles is 2. The summed E-state index contributed by atoms with van der Waals surface area (Å²) in [5.41, 5.74) is 5.21. The van der Waals surface area contributed by atoms with Crippen molar-refractivity contribution in [3.8, 4) is 10.8 Å². The van der Waals surface area contributed by atoms with Crippen LogP contribution in [0.5, 0.6) is 0 Å². The van der Waals surface area contributed by atoms with Crippen LogP contribution in [0.4, 0.5) is 0 Å². The van der Waals surface area contributed by atoms with Crippen molar-refractivity contribution in [3.63, 3.8) is 0 Å². The highest BCUT2D eigenvalue weighted by atomic mass is 32.2. The van der Waals surface area contributed by atoms with E-state index in [1.165, 1.54) is 19.3 Å². The Kier molecular flexibility index (Phi) is 19.0. The molecule has 0 aliphatic rings. The van der Waals surface area contributed by atoms with Crippen molar-refractivity contribution in [2.75, 3.05) is 6.54 Å². The van der Waals surface area contributed by atoms with Gasteiger partial charge in [0, 0.05) is 0 Å². The predicted octanol–water partition coefficient (Wildman–Crippen LogP) is 1.82. The second kappa shape index (κ2) is 16.1. The third kappa shape index (κ3) is 26.8. The molecule has 0 aliphatic heterocycles. The molecule has 3 nitrogen and oxygen atoms in total. The third-order valence-corrected chi connectivity index (χ3v) is 1.08. The van der Waals surface area contributed by atoms with E-state index in [1.54, 1.807) is 10.8 Å². The highest BCUT2D eigenvalue weighted by Gasteiger charge is 1.75. The van der Waals surface area contributed by atoms with E-state index in [-0.39, 0.29) is 0 Å². The summed E-state index contributed by atoms with van der Waals surface area (Å²) >= 11 is 0.574. The minimum atomic E-state index is 0.574. The van der Waals surface area contributed by atoms with Gasteiger partial charge in [0.1, 0.15) is 10.8 Å². The topological polar surface area (TPSA) is 73.6 Å². The van der Waals surface area contributed by atoms with Crippen LogP contribution in [-0.2, 0) is 0 Å². The van der Waals surface area contributed by atoms with Crippen LogP contribution in [0.15, 0.2) is 0 Å². The largest absolute Gasteiger partial charge is 0.330 e. The zero-order chi connectivity index (χ0) is 8.95. The van der Waals surface area contributed by atoms with Crippen LogP contribution in [0.2, 0.25) is 0 Å². The molecule has 0 rings (SSSR count). The van der Waals surface area contributed by atoms with Crippen molar-refractivity contribution >= 4 is 11.8 Å². The first-order valence-corrected chi connectivity index (χ1v) is 4.29. The molecule has 2 N–H and O–H groups in total. The van der Waals surface area contributed by atoms with Gasteiger partial charge >= 0.3 is 0 Å². The van der Waals surface area contributed by atoms with E-state index >= 15 is 0 Å². The van der Waals surface area contributed by atoms with E-state index < -0.39 is 0 Å². The maximum Gasteiger partial charge on any atom is 0.149 e. The lowest BCUT2D eigenvalue weighted by Gasteiger charge is -1.86. The van der Waals surface area contributed by atoms with E-state index in [1.807, 2.05) is 0 Å². The normalized spacial score (nSPS) is 6.91. The Morgan fingerprint density at radius 1 is 1.27 bits per heavy atom. The average molecular weight is 171 g/mol. The first-order chi connectivity index (χ1) is 5.33. The molecule has 0 aromatic heterocycles. The summed E-state index contributed by atoms with van der Waals surface area (Å²) < 4.78 is 0. The Hall–Kier alpha value is -0.710. The molecule has 0 aromatic carbocycles. The summed E-state index contributed by atoms with van der Waals surface area (Å²) in [7, 11) is 0. The molecule has 0 aliphatic carbocycles. The van der Waals surface area contributed by atoms with E-state index in [4.69, 9.17) is 16.3 Å². The molecule has 0 bridgehead atoms. The number of thiocyanates is 2. The van der Waals surface area contributed by atoms with Gasteiger partial charge in [-0.3, -0.25) is 0 Å². The van der Waals surface area contributed by atoms with Crippen molar-refractivity contribution in [1.29, 1.82) is 10.5 Å². The van der Waals surface area contributed by atoms with Gasteiger partial charge in [0.25, 0.3) is 0 Å². The van der Waals surface area contributed by atoms with Crippen molar-refractivity contribution in [2.45, 2.75) is 26.2 Å². The molecule has 0 heterocycles. The number of unbranched alkanes of at least 4 members (excludes halogenated alkanes) is 2. The van der Waals surface area contributed by atoms with Crippen LogP contribution in [-0.4, -0.2) is 6.54 Å². The Bertz CT molecular complexity index is 118. The highest BCUT2D eigenvalue weighted by Crippen LogP contribution is 1.88. The van der Waals surface area contributed by atoms with Crippen molar-refractivity contribution < 1.29 is 0 Å². The monoisotopic (exact) mass is 171 g/mol. The van der Waals surface area contributed by atoms with Crippen LogP contribution >= 0.6 is 11.8 Å². The van der Waals surface area contributed by atoms with Gasteiger partial charge in [0.15, 0.2) is 0 Å². The van der Waals surface area contributed by atoms with Crippen LogP contribution in [0, 0.1) is 21.3 Å². The maximum absolute atomic E-state index is 7.56. The average Bonchev–Trinajstić information content (AvgIpc) is 2.04. The van der Waals surface area contributed by atoms with E-state index in [2.05, 4.69) is 6.92 Å². The van der Waals surface area contributed by atoms with Crippen LogP contribution in [0.1, 0.15) is 26.2 Å². The van der Waals surface area contributed by atoms with E-state index in [0.29, 0.717) is 11.8 Å². The number of nitrogens with zero attached hydrogens (tertiary/aromatic N) is 2. The van der Waals surface area contributed by atoms with Gasteiger partial charge in [-0.05, 0) is 13.0 Å². The lowest BCUT2D eigenvalue weighted by Crippen LogP contribution is -1.96. The van der Waals surface area contributed by atoms with E-state index in [9.17, 15) is 0 Å². The Balaban J connectivity index is 0. The predicted molar refractivity (Wildman–Crippen MR) is 47.4 cm³/mol. The number of hydrogen-bond acceptors (Lipinski definition) is 4. The summed E-state index contributed by atoms with van der Waals surface area (Å²) in [5, 5.41) is 18.3. The second-order valence-corrected chi connectivity index (χ2v) is 2.35. The van der Waals surface area contributed by atoms with Gasteiger partial charge in [-0.25, -0.2) is 0 Å². The van der Waals surface area contributed by atoms with Crippen LogP contribution in [0.3, 0.4) is 0 Å². The van der Waals surface area contributed by atoms with Gasteiger partial charge in [-0.15, -0.1) is 0 Å². The summed E-state index contributed by atoms with van der Waals surface area (Å²) in [6.45, 7) is 3.03. The highest BCUT2D eigenvalue weighted by molar-refractivity contribution is 8.07. The van der Waals surface area contributed by atoms with Gasteiger partial charge in [-0.1, -0.05) is 19.8 Å². The standard InChI is InChI=1S/C5H13N.C2N2S/c1-2-3-4-5-6;3-1-5-2-4/h2-6H2,1H3;. The number of rotatable bonds is 3. The molecule has 11 heavy (non-hydrogen) atoms. The summed E-state index contributed by atoms with van der Waals surface area (Å²) in [4.78, 5) is 0. The molecule has 62 valence electrons. The molecule has 4 heteroatoms. The molecule has 0 aromatic rings. The molecular formula is C7H13N3S. The van der Waals surface area contributed by atoms with Crippen molar-refractivity contribution in [1.82, 2.24) is 0 Å². The number of hydrogen-bond donors (Lipinski definition) is 1. The van der Waals surface area contributed by atoms with Gasteiger partial charge in [0.05, 0.1) is 11.8 Å². The third-order valence-electron chi connectivity index (χ3n) is 0.899. The smallest absolute Gasteiger partial charge is 0.149 e. The fourth-order valence-electron chi connectivity index (χ4n) is 0.415. The molecule has 0 radical (unpaired) electrons. The second-order valence-electron chi connectivity index (χ2n) is 1.78. The molecule has 0 amide bonds. The lowest BCUT2D eigenvalue weighted by atomic mass is 10.3. The van der Waals surface area contributed by atoms with Gasteiger partial charge in [0.2, 0.25) is 0 Å². The minimum Gasteiger partial charge on any atom is -0.330 e. The van der Waals surface area contributed by atoms with Crippen LogP contribution in [0.25, 0.3) is 0 Å². The maximum atomic E-state index is 7.56. The molecule has 0 saturated carbocycles. The fraction of sp³-hybridized carbons (Fsp3) is 0.714. The van der Waals surface area contributed by atoms with E-state index in [0.717, 1.165) is 6.54 Å². The van der Waals surface area contributed by atoms with Crippen molar-refractivity contribution in [3.05, 3.63) is 0 Å². The molecule has 0 unspecified atom stereocenters. The molecule has 0 fully saturated rings. The molecule has 0 saturated heterocycles. The minimum absolute atomic E-state index is 0.574. The summed E-state index contributed by atoms with van der Waals surface area (Å²) in [5.74, 6) is 0. The first kappa shape index (κ1) is 12.9. The van der Waals surface area contributed by atoms with Gasteiger partial charge < -0.3 is 5.73 Å². The number of thioether (sulfide) groups is 1. The molecule has 0 spiro atoms. The molecular weight excluding hydrogens is 158 g/mol. The fourth-order valence-corrected chi connectivity index (χ4v) is 0.456. The number of nitrogens with two attached hydrogens (primary N) is 1. The Labute approximate surface area is 72.2 Å². The summed E-state index contributed by atoms with van der Waals surface area (Å²) in [6, 6.07) is 0. The summed E-state index contributed by atoms with van der Waals surface area (Å²) in [6.07, 6.45) is 3.75. The quantitative estimate of drug-likeness (QED) is 0.519. The molecule has 0 atom stereocenters. The Morgan fingerprint density at radius 2 is 1.82 bits per heavy atom. The zero-order valence-corrected chi connectivity index (χ0v) is 7.52. The van der Waals surface area contributed by atoms with Gasteiger partial charge in [-0.2, -0.15) is 10.5 Å². The SMILES string of the molecule is CCCCCN.N#CSC#N. The zero-order valence-electron chi connectivity index (χ0n) is 6.71. The van der Waals surface area contributed by atoms with Crippen LogP contribution < -0.4 is 5.73 Å². The first-order valence-electron chi connectivity index (χ1n) is 3.47. The van der Waals surface area contributed by atoms with Crippen molar-refractivity contribution in [2.24, 2.45) is 5.73 Å². The Morgan fingerprint density at radius 3 is 1.91 bits per heavy atom. The lowest BCUT2D eigenvalue weighted by molar-refractivity contribution is 0.727.